The highest BCUT2D eigenvalue weighted by Crippen LogP contribution is 2.73. The van der Waals surface area contributed by atoms with Gasteiger partial charge in [0.05, 0.1) is 0 Å². The quantitative estimate of drug-likeness (QED) is 0.604. The lowest BCUT2D eigenvalue weighted by molar-refractivity contribution is -0.131. The van der Waals surface area contributed by atoms with E-state index in [1.165, 1.54) is 32.1 Å². The zero-order chi connectivity index (χ0) is 10.2. The van der Waals surface area contributed by atoms with Crippen LogP contribution in [0.5, 0.6) is 0 Å². The predicted molar refractivity (Wildman–Crippen MR) is 62.3 cm³/mol. The van der Waals surface area contributed by atoms with Crippen molar-refractivity contribution in [3.8, 4) is 0 Å². The second kappa shape index (κ2) is 3.54. The molecule has 2 fully saturated rings. The van der Waals surface area contributed by atoms with E-state index in [4.69, 9.17) is 0 Å². The summed E-state index contributed by atoms with van der Waals surface area (Å²) >= 11 is 0. The average Bonchev–Trinajstić information content (AvgIpc) is 2.44. The fraction of sp³-hybridized carbons (Fsp3) is 1.00. The molecule has 0 radical (unpaired) electrons. The zero-order valence-electron chi connectivity index (χ0n) is 10.2. The molecule has 3 unspecified atom stereocenters. The molecular formula is C14H26. The summed E-state index contributed by atoms with van der Waals surface area (Å²) in [5.74, 6) is 1.07. The highest BCUT2D eigenvalue weighted by Gasteiger charge is 2.64. The monoisotopic (exact) mass is 194 g/mol. The van der Waals surface area contributed by atoms with Crippen molar-refractivity contribution in [3.05, 3.63) is 0 Å². The van der Waals surface area contributed by atoms with Crippen molar-refractivity contribution in [2.45, 2.75) is 72.1 Å². The molecule has 0 saturated heterocycles. The molecule has 0 heteroatoms. The van der Waals surface area contributed by atoms with E-state index < -0.39 is 0 Å². The molecule has 14 heavy (non-hydrogen) atoms. The normalized spacial score (nSPS) is 46.1. The van der Waals surface area contributed by atoms with Gasteiger partial charge in [0.25, 0.3) is 0 Å². The third kappa shape index (κ3) is 1.06. The molecule has 0 amide bonds. The van der Waals surface area contributed by atoms with Gasteiger partial charge in [0.2, 0.25) is 0 Å². The smallest absolute Gasteiger partial charge is 0.0215 e. The summed E-state index contributed by atoms with van der Waals surface area (Å²) in [6.45, 7) is 7.21. The second-order valence-corrected chi connectivity index (χ2v) is 5.70. The maximum atomic E-state index is 2.44. The standard InChI is InChI=1S/C14H26/c1-4-8-13-9-7-10-14(13,6-3)12(5-2)11-13/h12H,4-11H2,1-3H3. The first kappa shape index (κ1) is 10.5. The Morgan fingerprint density at radius 1 is 1.14 bits per heavy atom. The van der Waals surface area contributed by atoms with Crippen molar-refractivity contribution in [2.75, 3.05) is 0 Å². The van der Waals surface area contributed by atoms with Gasteiger partial charge in [-0.1, -0.05) is 40.0 Å². The van der Waals surface area contributed by atoms with E-state index in [-0.39, 0.29) is 0 Å². The van der Waals surface area contributed by atoms with Crippen LogP contribution in [-0.4, -0.2) is 0 Å². The fourth-order valence-corrected chi connectivity index (χ4v) is 5.06. The van der Waals surface area contributed by atoms with E-state index >= 15 is 0 Å². The number of hydrogen-bond donors (Lipinski definition) is 0. The summed E-state index contributed by atoms with van der Waals surface area (Å²) in [6, 6.07) is 0. The Morgan fingerprint density at radius 2 is 1.93 bits per heavy atom. The van der Waals surface area contributed by atoms with Gasteiger partial charge in [-0.2, -0.15) is 0 Å². The molecule has 0 aromatic carbocycles. The number of fused-ring (bicyclic) bond motifs is 1. The summed E-state index contributed by atoms with van der Waals surface area (Å²) < 4.78 is 0. The largest absolute Gasteiger partial charge is 0.0654 e. The van der Waals surface area contributed by atoms with E-state index in [1.54, 1.807) is 19.3 Å². The van der Waals surface area contributed by atoms with Crippen molar-refractivity contribution in [1.82, 2.24) is 0 Å². The van der Waals surface area contributed by atoms with Crippen molar-refractivity contribution >= 4 is 0 Å². The van der Waals surface area contributed by atoms with Crippen molar-refractivity contribution in [3.63, 3.8) is 0 Å². The molecular weight excluding hydrogens is 168 g/mol. The summed E-state index contributed by atoms with van der Waals surface area (Å²) in [5, 5.41) is 0. The molecule has 0 spiro atoms. The van der Waals surface area contributed by atoms with Gasteiger partial charge in [-0.25, -0.2) is 0 Å². The number of rotatable bonds is 4. The summed E-state index contributed by atoms with van der Waals surface area (Å²) in [4.78, 5) is 0. The summed E-state index contributed by atoms with van der Waals surface area (Å²) in [5.41, 5.74) is 1.59. The van der Waals surface area contributed by atoms with Crippen LogP contribution in [0.3, 0.4) is 0 Å². The van der Waals surface area contributed by atoms with Crippen molar-refractivity contribution in [1.29, 1.82) is 0 Å². The van der Waals surface area contributed by atoms with Crippen LogP contribution in [0.15, 0.2) is 0 Å². The molecule has 0 nitrogen and oxygen atoms in total. The first-order valence-corrected chi connectivity index (χ1v) is 6.74. The minimum absolute atomic E-state index is 0.789. The molecule has 0 bridgehead atoms. The molecule has 2 rings (SSSR count). The van der Waals surface area contributed by atoms with E-state index in [2.05, 4.69) is 20.8 Å². The van der Waals surface area contributed by atoms with Crippen LogP contribution >= 0.6 is 0 Å². The Morgan fingerprint density at radius 3 is 2.50 bits per heavy atom. The minimum atomic E-state index is 0.789. The molecule has 0 N–H and O–H groups in total. The predicted octanol–water partition coefficient (Wildman–Crippen LogP) is 4.78. The molecule has 0 aromatic rings. The zero-order valence-corrected chi connectivity index (χ0v) is 10.2. The third-order valence-corrected chi connectivity index (χ3v) is 5.61. The molecule has 3 atom stereocenters. The Bertz CT molecular complexity index is 208. The Kier molecular flexibility index (Phi) is 2.66. The Hall–Kier alpha value is 0. The molecule has 2 aliphatic rings. The lowest BCUT2D eigenvalue weighted by Crippen LogP contribution is -2.54. The van der Waals surface area contributed by atoms with Crippen LogP contribution in [-0.2, 0) is 0 Å². The lowest BCUT2D eigenvalue weighted by atomic mass is 9.42. The maximum absolute atomic E-state index is 2.44. The van der Waals surface area contributed by atoms with Gasteiger partial charge in [0.1, 0.15) is 0 Å². The van der Waals surface area contributed by atoms with Gasteiger partial charge in [-0.3, -0.25) is 0 Å². The second-order valence-electron chi connectivity index (χ2n) is 5.70. The van der Waals surface area contributed by atoms with E-state index in [9.17, 15) is 0 Å². The van der Waals surface area contributed by atoms with Crippen LogP contribution in [0.25, 0.3) is 0 Å². The summed E-state index contributed by atoms with van der Waals surface area (Å²) in [7, 11) is 0. The van der Waals surface area contributed by atoms with Crippen molar-refractivity contribution in [2.24, 2.45) is 16.7 Å². The van der Waals surface area contributed by atoms with Gasteiger partial charge >= 0.3 is 0 Å². The van der Waals surface area contributed by atoms with Crippen molar-refractivity contribution < 1.29 is 0 Å². The average molecular weight is 194 g/mol. The highest BCUT2D eigenvalue weighted by atomic mass is 14.7. The molecule has 0 heterocycles. The lowest BCUT2D eigenvalue weighted by Gasteiger charge is -2.62. The van der Waals surface area contributed by atoms with E-state index in [0.29, 0.717) is 0 Å². The molecule has 2 aliphatic carbocycles. The molecule has 82 valence electrons. The molecule has 2 saturated carbocycles. The third-order valence-electron chi connectivity index (χ3n) is 5.61. The van der Waals surface area contributed by atoms with Crippen LogP contribution in [0.2, 0.25) is 0 Å². The van der Waals surface area contributed by atoms with Crippen LogP contribution in [0, 0.1) is 16.7 Å². The minimum Gasteiger partial charge on any atom is -0.0654 e. The van der Waals surface area contributed by atoms with Crippen LogP contribution < -0.4 is 0 Å². The Balaban J connectivity index is 2.19. The first-order chi connectivity index (χ1) is 6.74. The van der Waals surface area contributed by atoms with Gasteiger partial charge in [0, 0.05) is 0 Å². The van der Waals surface area contributed by atoms with Crippen LogP contribution in [0.4, 0.5) is 0 Å². The van der Waals surface area contributed by atoms with Crippen LogP contribution in [0.1, 0.15) is 72.1 Å². The molecule has 0 aliphatic heterocycles. The topological polar surface area (TPSA) is 0 Å². The Labute approximate surface area is 89.5 Å². The van der Waals surface area contributed by atoms with Gasteiger partial charge in [-0.05, 0) is 48.9 Å². The van der Waals surface area contributed by atoms with E-state index in [1.807, 2.05) is 0 Å². The first-order valence-electron chi connectivity index (χ1n) is 6.74. The highest BCUT2D eigenvalue weighted by molar-refractivity contribution is 5.13. The number of hydrogen-bond acceptors (Lipinski definition) is 0. The molecule has 0 aromatic heterocycles. The van der Waals surface area contributed by atoms with Gasteiger partial charge < -0.3 is 0 Å². The summed E-state index contributed by atoms with van der Waals surface area (Å²) in [6.07, 6.45) is 12.0. The maximum Gasteiger partial charge on any atom is -0.0215 e. The van der Waals surface area contributed by atoms with Gasteiger partial charge in [0.15, 0.2) is 0 Å². The van der Waals surface area contributed by atoms with E-state index in [0.717, 1.165) is 16.7 Å². The SMILES string of the molecule is CCCC12CCCC1(CC)C(CC)C2. The van der Waals surface area contributed by atoms with Gasteiger partial charge in [-0.15, -0.1) is 0 Å². The fourth-order valence-electron chi connectivity index (χ4n) is 5.06.